The standard InChI is InChI=1S/C33H50N8O5/c1-20-12-14-22(15-13-20)18-24(29(34)43)39-30(44)21(2)38-31(45)26-10-7-17-40(26)32(46)27-19-23-8-3-4-9-25(23)41(27)28(42)11-5-6-16-37-33(35)36/h12-15,21,23-27H,3-11,16-19H2,1-2H3,(H2,34,43)(H,38,45)(H,39,44)(H4,35,36,37)/t21-,23+,24+,25+,26+,27+/m1/s1. The maximum absolute atomic E-state index is 14.1. The molecule has 0 spiro atoms. The number of carbonyl (C=O) groups is 5. The van der Waals surface area contributed by atoms with E-state index < -0.39 is 41.9 Å². The van der Waals surface area contributed by atoms with Crippen molar-refractivity contribution in [2.24, 2.45) is 28.1 Å². The largest absolute Gasteiger partial charge is 0.370 e. The van der Waals surface area contributed by atoms with Gasteiger partial charge in [-0.1, -0.05) is 42.7 Å². The number of aryl methyl sites for hydroxylation is 1. The number of hydrogen-bond acceptors (Lipinski definition) is 6. The van der Waals surface area contributed by atoms with Crippen LogP contribution in [0.3, 0.4) is 0 Å². The van der Waals surface area contributed by atoms with Gasteiger partial charge in [0, 0.05) is 32.0 Å². The molecule has 2 heterocycles. The van der Waals surface area contributed by atoms with Crippen molar-refractivity contribution in [3.05, 3.63) is 35.4 Å². The number of fused-ring (bicyclic) bond motifs is 1. The van der Waals surface area contributed by atoms with E-state index in [2.05, 4.69) is 15.6 Å². The lowest BCUT2D eigenvalue weighted by Gasteiger charge is -2.35. The number of unbranched alkanes of at least 4 members (excludes halogenated alkanes) is 1. The first kappa shape index (κ1) is 34.7. The van der Waals surface area contributed by atoms with Crippen molar-refractivity contribution in [2.45, 2.75) is 115 Å². The van der Waals surface area contributed by atoms with Gasteiger partial charge in [0.2, 0.25) is 29.5 Å². The molecule has 46 heavy (non-hydrogen) atoms. The topological polar surface area (TPSA) is 206 Å². The zero-order valence-corrected chi connectivity index (χ0v) is 27.1. The number of primary amides is 1. The Bertz CT molecular complexity index is 1300. The van der Waals surface area contributed by atoms with Crippen LogP contribution in [0, 0.1) is 12.8 Å². The third kappa shape index (κ3) is 8.76. The van der Waals surface area contributed by atoms with Crippen LogP contribution < -0.4 is 27.8 Å². The van der Waals surface area contributed by atoms with Gasteiger partial charge in [0.25, 0.3) is 0 Å². The number of rotatable bonds is 13. The molecule has 8 N–H and O–H groups in total. The minimum Gasteiger partial charge on any atom is -0.370 e. The Kier molecular flexibility index (Phi) is 12.0. The molecule has 3 fully saturated rings. The zero-order valence-electron chi connectivity index (χ0n) is 27.1. The van der Waals surface area contributed by atoms with Crippen LogP contribution in [-0.2, 0) is 30.4 Å². The first-order valence-electron chi connectivity index (χ1n) is 16.6. The highest BCUT2D eigenvalue weighted by Gasteiger charge is 2.50. The van der Waals surface area contributed by atoms with Gasteiger partial charge < -0.3 is 37.6 Å². The van der Waals surface area contributed by atoms with Crippen LogP contribution in [0.4, 0.5) is 0 Å². The predicted octanol–water partition coefficient (Wildman–Crippen LogP) is 0.607. The highest BCUT2D eigenvalue weighted by atomic mass is 16.2. The molecule has 0 bridgehead atoms. The van der Waals surface area contributed by atoms with Crippen LogP contribution in [0.15, 0.2) is 29.3 Å². The third-order valence-corrected chi connectivity index (χ3v) is 9.57. The molecule has 1 saturated carbocycles. The maximum atomic E-state index is 14.1. The van der Waals surface area contributed by atoms with E-state index in [4.69, 9.17) is 17.2 Å². The molecule has 13 nitrogen and oxygen atoms in total. The first-order valence-corrected chi connectivity index (χ1v) is 16.6. The Morgan fingerprint density at radius 2 is 1.65 bits per heavy atom. The number of hydrogen-bond donors (Lipinski definition) is 5. The molecule has 1 aliphatic carbocycles. The second kappa shape index (κ2) is 15.9. The predicted molar refractivity (Wildman–Crippen MR) is 174 cm³/mol. The number of carbonyl (C=O) groups excluding carboxylic acids is 5. The number of nitrogens with zero attached hydrogens (tertiary/aromatic N) is 3. The summed E-state index contributed by atoms with van der Waals surface area (Å²) in [6, 6.07) is 4.35. The Morgan fingerprint density at radius 3 is 2.35 bits per heavy atom. The lowest BCUT2D eigenvalue weighted by molar-refractivity contribution is -0.148. The van der Waals surface area contributed by atoms with E-state index in [0.29, 0.717) is 51.6 Å². The van der Waals surface area contributed by atoms with Gasteiger partial charge >= 0.3 is 0 Å². The van der Waals surface area contributed by atoms with Crippen molar-refractivity contribution >= 4 is 35.5 Å². The van der Waals surface area contributed by atoms with Crippen molar-refractivity contribution in [2.75, 3.05) is 13.1 Å². The van der Waals surface area contributed by atoms with Crippen LogP contribution in [0.1, 0.15) is 82.3 Å². The monoisotopic (exact) mass is 638 g/mol. The Hall–Kier alpha value is -4.16. The van der Waals surface area contributed by atoms with Crippen LogP contribution in [-0.4, -0.2) is 88.6 Å². The maximum Gasteiger partial charge on any atom is 0.246 e. The van der Waals surface area contributed by atoms with Gasteiger partial charge in [-0.2, -0.15) is 0 Å². The third-order valence-electron chi connectivity index (χ3n) is 9.57. The van der Waals surface area contributed by atoms with Crippen molar-refractivity contribution < 1.29 is 24.0 Å². The highest BCUT2D eigenvalue weighted by Crippen LogP contribution is 2.41. The number of aliphatic imine (C=N–C) groups is 1. The molecule has 6 atom stereocenters. The quantitative estimate of drug-likeness (QED) is 0.118. The Balaban J connectivity index is 1.37. The molecule has 13 heteroatoms. The van der Waals surface area contributed by atoms with Crippen molar-refractivity contribution in [1.82, 2.24) is 20.4 Å². The van der Waals surface area contributed by atoms with E-state index >= 15 is 0 Å². The van der Waals surface area contributed by atoms with E-state index in [1.807, 2.05) is 36.1 Å². The van der Waals surface area contributed by atoms with Gasteiger partial charge in [-0.15, -0.1) is 0 Å². The van der Waals surface area contributed by atoms with Gasteiger partial charge in [-0.05, 0) is 70.3 Å². The van der Waals surface area contributed by atoms with Gasteiger partial charge in [0.1, 0.15) is 24.2 Å². The summed E-state index contributed by atoms with van der Waals surface area (Å²) in [7, 11) is 0. The van der Waals surface area contributed by atoms with Gasteiger partial charge in [-0.3, -0.25) is 29.0 Å². The van der Waals surface area contributed by atoms with Crippen molar-refractivity contribution in [1.29, 1.82) is 0 Å². The second-order valence-corrected chi connectivity index (χ2v) is 13.0. The minimum atomic E-state index is -0.962. The number of nitrogens with one attached hydrogen (secondary N) is 2. The van der Waals surface area contributed by atoms with Crippen molar-refractivity contribution in [3.63, 3.8) is 0 Å². The lowest BCUT2D eigenvalue weighted by atomic mass is 9.84. The summed E-state index contributed by atoms with van der Waals surface area (Å²) < 4.78 is 0. The molecule has 2 aliphatic heterocycles. The molecular weight excluding hydrogens is 588 g/mol. The first-order chi connectivity index (χ1) is 22.0. The molecule has 252 valence electrons. The number of benzene rings is 1. The molecule has 0 radical (unpaired) electrons. The molecular formula is C33H50N8O5. The fraction of sp³-hybridized carbons (Fsp3) is 0.636. The van der Waals surface area contributed by atoms with Crippen LogP contribution in [0.5, 0.6) is 0 Å². The number of nitrogens with two attached hydrogens (primary N) is 3. The molecule has 5 amide bonds. The average Bonchev–Trinajstić information content (AvgIpc) is 3.66. The van der Waals surface area contributed by atoms with E-state index in [1.165, 1.54) is 6.92 Å². The Labute approximate surface area is 271 Å². The number of guanidine groups is 1. The highest BCUT2D eigenvalue weighted by molar-refractivity contribution is 5.96. The fourth-order valence-corrected chi connectivity index (χ4v) is 7.11. The van der Waals surface area contributed by atoms with Crippen molar-refractivity contribution in [3.8, 4) is 0 Å². The molecule has 0 unspecified atom stereocenters. The van der Waals surface area contributed by atoms with Gasteiger partial charge in [0.05, 0.1) is 0 Å². The molecule has 3 aliphatic rings. The molecule has 4 rings (SSSR count). The van der Waals surface area contributed by atoms with Crippen LogP contribution in [0.2, 0.25) is 0 Å². The summed E-state index contributed by atoms with van der Waals surface area (Å²) in [4.78, 5) is 73.6. The molecule has 1 aromatic carbocycles. The SMILES string of the molecule is Cc1ccc(C[C@H](NC(=O)[C@@H](C)NC(=O)[C@@H]2CCCN2C(=O)[C@@H]2C[C@@H]3CCCC[C@@H]3N2C(=O)CCCCN=C(N)N)C(N)=O)cc1. The normalized spacial score (nSPS) is 23.6. The summed E-state index contributed by atoms with van der Waals surface area (Å²) in [6.07, 6.45) is 7.47. The fourth-order valence-electron chi connectivity index (χ4n) is 7.11. The average molecular weight is 639 g/mol. The zero-order chi connectivity index (χ0) is 33.4. The minimum absolute atomic E-state index is 0.0220. The molecule has 2 saturated heterocycles. The molecule has 0 aromatic heterocycles. The second-order valence-electron chi connectivity index (χ2n) is 13.0. The Morgan fingerprint density at radius 1 is 0.935 bits per heavy atom. The summed E-state index contributed by atoms with van der Waals surface area (Å²) >= 11 is 0. The summed E-state index contributed by atoms with van der Waals surface area (Å²) in [5, 5.41) is 5.40. The van der Waals surface area contributed by atoms with E-state index in [0.717, 1.165) is 36.8 Å². The van der Waals surface area contributed by atoms with Gasteiger partial charge in [0.15, 0.2) is 5.96 Å². The smallest absolute Gasteiger partial charge is 0.246 e. The molecule has 1 aromatic rings. The van der Waals surface area contributed by atoms with E-state index in [-0.39, 0.29) is 36.2 Å². The summed E-state index contributed by atoms with van der Waals surface area (Å²) in [5.74, 6) is -1.61. The summed E-state index contributed by atoms with van der Waals surface area (Å²) in [6.45, 7) is 4.34. The summed E-state index contributed by atoms with van der Waals surface area (Å²) in [5.41, 5.74) is 18.3. The number of likely N-dealkylation sites (tertiary alicyclic amines) is 2. The van der Waals surface area contributed by atoms with E-state index in [1.54, 1.807) is 4.90 Å². The van der Waals surface area contributed by atoms with E-state index in [9.17, 15) is 24.0 Å². The van der Waals surface area contributed by atoms with Crippen LogP contribution >= 0.6 is 0 Å². The van der Waals surface area contributed by atoms with Gasteiger partial charge in [-0.25, -0.2) is 0 Å². The van der Waals surface area contributed by atoms with Crippen LogP contribution in [0.25, 0.3) is 0 Å². The number of amides is 5. The lowest BCUT2D eigenvalue weighted by Crippen LogP contribution is -2.57.